The molecule has 0 aliphatic carbocycles. The summed E-state index contributed by atoms with van der Waals surface area (Å²) in [7, 11) is 0. The van der Waals surface area contributed by atoms with Gasteiger partial charge in [0.2, 0.25) is 0 Å². The summed E-state index contributed by atoms with van der Waals surface area (Å²) in [6, 6.07) is 0. The maximum absolute atomic E-state index is 11.4. The summed E-state index contributed by atoms with van der Waals surface area (Å²) >= 11 is 5.58. The first-order chi connectivity index (χ1) is 5.94. The highest BCUT2D eigenvalue weighted by Gasteiger charge is 2.27. The Morgan fingerprint density at radius 2 is 2.15 bits per heavy atom. The zero-order chi connectivity index (χ0) is 10.5. The van der Waals surface area contributed by atoms with E-state index in [1.165, 1.54) is 0 Å². The number of ether oxygens (including phenoxy) is 1. The zero-order valence-electron chi connectivity index (χ0n) is 8.34. The number of hydrogen-bond acceptors (Lipinski definition) is 3. The second-order valence-corrected chi connectivity index (χ2v) is 4.23. The quantitative estimate of drug-likeness (QED) is 0.551. The summed E-state index contributed by atoms with van der Waals surface area (Å²) in [6.07, 6.45) is 0.720. The molecule has 0 aromatic heterocycles. The predicted octanol–water partition coefficient (Wildman–Crippen LogP) is 1.57. The van der Waals surface area contributed by atoms with Crippen LogP contribution in [0.1, 0.15) is 27.2 Å². The third-order valence-electron chi connectivity index (χ3n) is 2.03. The van der Waals surface area contributed by atoms with Crippen LogP contribution in [0.25, 0.3) is 0 Å². The summed E-state index contributed by atoms with van der Waals surface area (Å²) in [6.45, 7) is 5.45. The van der Waals surface area contributed by atoms with E-state index >= 15 is 0 Å². The average molecular weight is 209 g/mol. The minimum absolute atomic E-state index is 0.0698. The van der Waals surface area contributed by atoms with Crippen LogP contribution in [-0.4, -0.2) is 29.7 Å². The number of carbonyl (C=O) groups is 1. The fourth-order valence-electron chi connectivity index (χ4n) is 0.559. The minimum atomic E-state index is -0.503. The van der Waals surface area contributed by atoms with Gasteiger partial charge in [-0.3, -0.25) is 4.79 Å². The third kappa shape index (κ3) is 4.48. The average Bonchev–Trinajstić information content (AvgIpc) is 2.13. The third-order valence-corrected chi connectivity index (χ3v) is 2.29. The van der Waals surface area contributed by atoms with Crippen molar-refractivity contribution in [2.45, 2.75) is 32.6 Å². The Morgan fingerprint density at radius 3 is 2.54 bits per heavy atom. The maximum Gasteiger partial charge on any atom is 0.311 e. The Labute approximate surface area is 84.0 Å². The van der Waals surface area contributed by atoms with E-state index in [4.69, 9.17) is 21.4 Å². The van der Waals surface area contributed by atoms with Gasteiger partial charge in [-0.15, -0.1) is 11.6 Å². The van der Waals surface area contributed by atoms with Crippen molar-refractivity contribution in [3.05, 3.63) is 0 Å². The molecule has 0 fully saturated rings. The molecule has 1 N–H and O–H groups in total. The van der Waals surface area contributed by atoms with E-state index in [0.29, 0.717) is 0 Å². The van der Waals surface area contributed by atoms with Gasteiger partial charge in [-0.2, -0.15) is 0 Å². The van der Waals surface area contributed by atoms with Gasteiger partial charge in [0.1, 0.15) is 6.61 Å². The molecule has 1 unspecified atom stereocenters. The number of halogens is 1. The molecule has 0 radical (unpaired) electrons. The lowest BCUT2D eigenvalue weighted by Crippen LogP contribution is -2.28. The first kappa shape index (κ1) is 12.7. The second-order valence-electron chi connectivity index (χ2n) is 3.62. The summed E-state index contributed by atoms with van der Waals surface area (Å²) in [5.74, 6) is -0.269. The van der Waals surface area contributed by atoms with Crippen molar-refractivity contribution in [1.29, 1.82) is 0 Å². The SMILES string of the molecule is CCC(C)(C)C(=O)OCC(Cl)CO. The summed E-state index contributed by atoms with van der Waals surface area (Å²) in [5.41, 5.74) is -0.466. The Bertz CT molecular complexity index is 168. The number of aliphatic hydroxyl groups excluding tert-OH is 1. The zero-order valence-corrected chi connectivity index (χ0v) is 9.10. The van der Waals surface area contributed by atoms with E-state index in [9.17, 15) is 4.79 Å². The number of esters is 1. The molecule has 13 heavy (non-hydrogen) atoms. The van der Waals surface area contributed by atoms with Gasteiger partial charge in [-0.25, -0.2) is 0 Å². The molecular formula is C9H17ClO3. The van der Waals surface area contributed by atoms with E-state index in [0.717, 1.165) is 6.42 Å². The largest absolute Gasteiger partial charge is 0.464 e. The molecule has 0 aromatic carbocycles. The first-order valence-electron chi connectivity index (χ1n) is 4.36. The van der Waals surface area contributed by atoms with E-state index in [-0.39, 0.29) is 19.2 Å². The molecule has 78 valence electrons. The van der Waals surface area contributed by atoms with E-state index in [2.05, 4.69) is 0 Å². The van der Waals surface area contributed by atoms with Gasteiger partial charge in [0.15, 0.2) is 0 Å². The number of aliphatic hydroxyl groups is 1. The van der Waals surface area contributed by atoms with Gasteiger partial charge >= 0.3 is 5.97 Å². The van der Waals surface area contributed by atoms with E-state index in [1.807, 2.05) is 20.8 Å². The lowest BCUT2D eigenvalue weighted by Gasteiger charge is -2.20. The van der Waals surface area contributed by atoms with Crippen LogP contribution in [0, 0.1) is 5.41 Å². The molecule has 0 saturated heterocycles. The number of carbonyl (C=O) groups excluding carboxylic acids is 1. The molecule has 0 amide bonds. The van der Waals surface area contributed by atoms with E-state index < -0.39 is 10.8 Å². The standard InChI is InChI=1S/C9H17ClO3/c1-4-9(2,3)8(12)13-6-7(10)5-11/h7,11H,4-6H2,1-3H3. The van der Waals surface area contributed by atoms with Crippen LogP contribution in [0.3, 0.4) is 0 Å². The Morgan fingerprint density at radius 1 is 1.62 bits per heavy atom. The van der Waals surface area contributed by atoms with Crippen LogP contribution < -0.4 is 0 Å². The molecule has 0 aliphatic rings. The fraction of sp³-hybridized carbons (Fsp3) is 0.889. The molecule has 0 spiro atoms. The molecule has 0 rings (SSSR count). The smallest absolute Gasteiger partial charge is 0.311 e. The van der Waals surface area contributed by atoms with Crippen molar-refractivity contribution in [3.63, 3.8) is 0 Å². The van der Waals surface area contributed by atoms with Crippen molar-refractivity contribution < 1.29 is 14.6 Å². The Hall–Kier alpha value is -0.280. The summed E-state index contributed by atoms with van der Waals surface area (Å²) in [5, 5.41) is 8.08. The van der Waals surface area contributed by atoms with Crippen LogP contribution in [0.5, 0.6) is 0 Å². The molecule has 1 atom stereocenters. The van der Waals surface area contributed by atoms with Gasteiger partial charge in [0, 0.05) is 0 Å². The molecular weight excluding hydrogens is 192 g/mol. The number of hydrogen-bond donors (Lipinski definition) is 1. The molecule has 0 heterocycles. The van der Waals surface area contributed by atoms with Crippen molar-refractivity contribution in [2.24, 2.45) is 5.41 Å². The van der Waals surface area contributed by atoms with Crippen LogP contribution in [0.4, 0.5) is 0 Å². The summed E-state index contributed by atoms with van der Waals surface area (Å²) < 4.78 is 4.92. The summed E-state index contributed by atoms with van der Waals surface area (Å²) in [4.78, 5) is 11.4. The van der Waals surface area contributed by atoms with E-state index in [1.54, 1.807) is 0 Å². The normalized spacial score (nSPS) is 13.9. The monoisotopic (exact) mass is 208 g/mol. The van der Waals surface area contributed by atoms with Crippen molar-refractivity contribution >= 4 is 17.6 Å². The van der Waals surface area contributed by atoms with Crippen molar-refractivity contribution in [1.82, 2.24) is 0 Å². The van der Waals surface area contributed by atoms with Gasteiger partial charge < -0.3 is 9.84 Å². The van der Waals surface area contributed by atoms with Gasteiger partial charge in [0.25, 0.3) is 0 Å². The molecule has 0 aliphatic heterocycles. The van der Waals surface area contributed by atoms with Gasteiger partial charge in [0.05, 0.1) is 17.4 Å². The first-order valence-corrected chi connectivity index (χ1v) is 4.79. The molecule has 0 saturated carbocycles. The molecule has 0 aromatic rings. The van der Waals surface area contributed by atoms with Crippen molar-refractivity contribution in [2.75, 3.05) is 13.2 Å². The fourth-order valence-corrected chi connectivity index (χ4v) is 0.622. The van der Waals surface area contributed by atoms with Crippen LogP contribution in [-0.2, 0) is 9.53 Å². The molecule has 0 bridgehead atoms. The second kappa shape index (κ2) is 5.45. The lowest BCUT2D eigenvalue weighted by atomic mass is 9.91. The van der Waals surface area contributed by atoms with Crippen LogP contribution in [0.2, 0.25) is 0 Å². The van der Waals surface area contributed by atoms with Crippen LogP contribution >= 0.6 is 11.6 Å². The Kier molecular flexibility index (Phi) is 5.33. The Balaban J connectivity index is 3.88. The highest BCUT2D eigenvalue weighted by Crippen LogP contribution is 2.21. The number of alkyl halides is 1. The van der Waals surface area contributed by atoms with Gasteiger partial charge in [-0.05, 0) is 20.3 Å². The van der Waals surface area contributed by atoms with Gasteiger partial charge in [-0.1, -0.05) is 6.92 Å². The topological polar surface area (TPSA) is 46.5 Å². The number of rotatable bonds is 5. The molecule has 3 nitrogen and oxygen atoms in total. The highest BCUT2D eigenvalue weighted by molar-refractivity contribution is 6.20. The lowest BCUT2D eigenvalue weighted by molar-refractivity contribution is -0.154. The minimum Gasteiger partial charge on any atom is -0.464 e. The van der Waals surface area contributed by atoms with Crippen LogP contribution in [0.15, 0.2) is 0 Å². The maximum atomic E-state index is 11.4. The molecule has 4 heteroatoms. The highest BCUT2D eigenvalue weighted by atomic mass is 35.5. The predicted molar refractivity (Wildman–Crippen MR) is 51.8 cm³/mol. The van der Waals surface area contributed by atoms with Crippen molar-refractivity contribution in [3.8, 4) is 0 Å².